The van der Waals surface area contributed by atoms with Gasteiger partial charge in [-0.1, -0.05) is 115 Å². The lowest BCUT2D eigenvalue weighted by atomic mass is 10.1. The summed E-state index contributed by atoms with van der Waals surface area (Å²) >= 11 is 0. The fourth-order valence-electron chi connectivity index (χ4n) is 3.44. The summed E-state index contributed by atoms with van der Waals surface area (Å²) in [5, 5.41) is 0. The second-order valence-corrected chi connectivity index (χ2v) is 8.63. The van der Waals surface area contributed by atoms with Crippen molar-refractivity contribution >= 4 is 11.9 Å². The number of rotatable bonds is 23. The monoisotopic (exact) mass is 450 g/mol. The Morgan fingerprint density at radius 2 is 0.844 bits per heavy atom. The Labute approximate surface area is 198 Å². The SMILES string of the molecule is CCCCCCCCC/C=C/COC(=O)CCC(=O)OC/C=C/CCCCCCCCC. The summed E-state index contributed by atoms with van der Waals surface area (Å²) in [5.41, 5.74) is 0. The van der Waals surface area contributed by atoms with Gasteiger partial charge in [-0.05, 0) is 25.7 Å². The second kappa shape index (κ2) is 25.7. The van der Waals surface area contributed by atoms with Crippen LogP contribution in [0.5, 0.6) is 0 Å². The van der Waals surface area contributed by atoms with Crippen molar-refractivity contribution in [3.05, 3.63) is 24.3 Å². The molecule has 0 heterocycles. The first-order chi connectivity index (χ1) is 15.7. The van der Waals surface area contributed by atoms with E-state index in [1.807, 2.05) is 12.2 Å². The smallest absolute Gasteiger partial charge is 0.306 e. The molecular weight excluding hydrogens is 400 g/mol. The van der Waals surface area contributed by atoms with E-state index in [0.717, 1.165) is 12.8 Å². The molecule has 4 nitrogen and oxygen atoms in total. The maximum absolute atomic E-state index is 11.7. The highest BCUT2D eigenvalue weighted by Crippen LogP contribution is 2.09. The largest absolute Gasteiger partial charge is 0.461 e. The molecule has 0 unspecified atom stereocenters. The highest BCUT2D eigenvalue weighted by molar-refractivity contribution is 5.77. The lowest BCUT2D eigenvalue weighted by Crippen LogP contribution is -2.10. The van der Waals surface area contributed by atoms with Gasteiger partial charge in [-0.25, -0.2) is 0 Å². The van der Waals surface area contributed by atoms with Gasteiger partial charge in [0.1, 0.15) is 13.2 Å². The van der Waals surface area contributed by atoms with Crippen LogP contribution in [0.2, 0.25) is 0 Å². The lowest BCUT2D eigenvalue weighted by molar-refractivity contribution is -0.149. The van der Waals surface area contributed by atoms with Gasteiger partial charge in [-0.2, -0.15) is 0 Å². The molecule has 0 N–H and O–H groups in total. The van der Waals surface area contributed by atoms with E-state index < -0.39 is 0 Å². The minimum absolute atomic E-state index is 0.0756. The summed E-state index contributed by atoms with van der Waals surface area (Å²) in [6, 6.07) is 0. The minimum Gasteiger partial charge on any atom is -0.461 e. The van der Waals surface area contributed by atoms with Crippen LogP contribution in [0.4, 0.5) is 0 Å². The molecule has 0 radical (unpaired) electrons. The third kappa shape index (κ3) is 24.7. The molecule has 4 heteroatoms. The molecule has 32 heavy (non-hydrogen) atoms. The molecule has 0 bridgehead atoms. The van der Waals surface area contributed by atoms with E-state index in [9.17, 15) is 9.59 Å². The van der Waals surface area contributed by atoms with Crippen molar-refractivity contribution in [2.24, 2.45) is 0 Å². The van der Waals surface area contributed by atoms with Crippen LogP contribution in [-0.4, -0.2) is 25.2 Å². The van der Waals surface area contributed by atoms with Crippen LogP contribution in [0.3, 0.4) is 0 Å². The maximum Gasteiger partial charge on any atom is 0.306 e. The van der Waals surface area contributed by atoms with Gasteiger partial charge in [0.25, 0.3) is 0 Å². The molecule has 0 aromatic rings. The van der Waals surface area contributed by atoms with E-state index in [2.05, 4.69) is 26.0 Å². The second-order valence-electron chi connectivity index (χ2n) is 8.63. The molecule has 186 valence electrons. The van der Waals surface area contributed by atoms with Crippen LogP contribution >= 0.6 is 0 Å². The van der Waals surface area contributed by atoms with Crippen LogP contribution in [0, 0.1) is 0 Å². The Balaban J connectivity index is 3.45. The van der Waals surface area contributed by atoms with Gasteiger partial charge in [-0.3, -0.25) is 9.59 Å². The molecule has 0 saturated carbocycles. The van der Waals surface area contributed by atoms with Crippen LogP contribution in [0.25, 0.3) is 0 Å². The zero-order chi connectivity index (χ0) is 23.5. The van der Waals surface area contributed by atoms with Crippen molar-refractivity contribution < 1.29 is 19.1 Å². The number of carbonyl (C=O) groups is 2. The van der Waals surface area contributed by atoms with Gasteiger partial charge in [0, 0.05) is 0 Å². The summed E-state index contributed by atoms with van der Waals surface area (Å²) in [4.78, 5) is 23.4. The van der Waals surface area contributed by atoms with E-state index in [4.69, 9.17) is 9.47 Å². The first-order valence-corrected chi connectivity index (χ1v) is 13.3. The van der Waals surface area contributed by atoms with Crippen molar-refractivity contribution in [1.29, 1.82) is 0 Å². The highest BCUT2D eigenvalue weighted by Gasteiger charge is 2.07. The van der Waals surface area contributed by atoms with Gasteiger partial charge >= 0.3 is 11.9 Å². The Bertz CT molecular complexity index is 438. The van der Waals surface area contributed by atoms with Gasteiger partial charge in [-0.15, -0.1) is 0 Å². The summed E-state index contributed by atoms with van der Waals surface area (Å²) < 4.78 is 10.3. The van der Waals surface area contributed by atoms with Gasteiger partial charge in [0.15, 0.2) is 0 Å². The highest BCUT2D eigenvalue weighted by atomic mass is 16.5. The summed E-state index contributed by atoms with van der Waals surface area (Å²) in [6.45, 7) is 5.04. The Morgan fingerprint density at radius 1 is 0.500 bits per heavy atom. The predicted molar refractivity (Wildman–Crippen MR) is 135 cm³/mol. The zero-order valence-corrected chi connectivity index (χ0v) is 21.1. The van der Waals surface area contributed by atoms with Crippen molar-refractivity contribution in [2.75, 3.05) is 13.2 Å². The lowest BCUT2D eigenvalue weighted by Gasteiger charge is -2.03. The number of esters is 2. The third-order valence-corrected chi connectivity index (χ3v) is 5.50. The van der Waals surface area contributed by atoms with E-state index in [0.29, 0.717) is 0 Å². The molecule has 0 aliphatic rings. The first-order valence-electron chi connectivity index (χ1n) is 13.3. The standard InChI is InChI=1S/C28H50O4/c1-3-5-7-9-11-13-15-17-19-21-25-31-27(29)23-24-28(30)32-26-22-20-18-16-14-12-10-8-6-4-2/h19-22H,3-18,23-26H2,1-2H3/b21-19+,22-20+. The summed E-state index contributed by atoms with van der Waals surface area (Å²) in [6.07, 6.45) is 28.4. The number of allylic oxidation sites excluding steroid dienone is 2. The molecule has 0 aliphatic carbocycles. The normalized spacial score (nSPS) is 11.4. The molecule has 0 rings (SSSR count). The Morgan fingerprint density at radius 3 is 1.22 bits per heavy atom. The molecule has 0 amide bonds. The first kappa shape index (κ1) is 30.4. The summed E-state index contributed by atoms with van der Waals surface area (Å²) in [7, 11) is 0. The third-order valence-electron chi connectivity index (χ3n) is 5.50. The van der Waals surface area contributed by atoms with Crippen LogP contribution in [0.15, 0.2) is 24.3 Å². The van der Waals surface area contributed by atoms with Crippen molar-refractivity contribution in [2.45, 2.75) is 129 Å². The fraction of sp³-hybridized carbons (Fsp3) is 0.786. The van der Waals surface area contributed by atoms with Crippen molar-refractivity contribution in [1.82, 2.24) is 0 Å². The number of hydrogen-bond acceptors (Lipinski definition) is 4. The number of ether oxygens (including phenoxy) is 2. The molecular formula is C28H50O4. The van der Waals surface area contributed by atoms with Crippen LogP contribution < -0.4 is 0 Å². The number of hydrogen-bond donors (Lipinski definition) is 0. The topological polar surface area (TPSA) is 52.6 Å². The van der Waals surface area contributed by atoms with E-state index in [1.165, 1.54) is 89.9 Å². The zero-order valence-electron chi connectivity index (χ0n) is 21.1. The molecule has 0 atom stereocenters. The van der Waals surface area contributed by atoms with Crippen LogP contribution in [0.1, 0.15) is 129 Å². The van der Waals surface area contributed by atoms with Gasteiger partial charge < -0.3 is 9.47 Å². The van der Waals surface area contributed by atoms with E-state index in [-0.39, 0.29) is 38.0 Å². The Kier molecular flexibility index (Phi) is 24.4. The van der Waals surface area contributed by atoms with E-state index in [1.54, 1.807) is 0 Å². The maximum atomic E-state index is 11.7. The molecule has 0 aromatic heterocycles. The fourth-order valence-corrected chi connectivity index (χ4v) is 3.44. The number of carbonyl (C=O) groups excluding carboxylic acids is 2. The molecule has 0 spiro atoms. The molecule has 0 aromatic carbocycles. The predicted octanol–water partition coefficient (Wildman–Crippen LogP) is 8.25. The Hall–Kier alpha value is -1.58. The molecule has 0 saturated heterocycles. The minimum atomic E-state index is -0.350. The average molecular weight is 451 g/mol. The van der Waals surface area contributed by atoms with Gasteiger partial charge in [0.2, 0.25) is 0 Å². The molecule has 0 aliphatic heterocycles. The van der Waals surface area contributed by atoms with Crippen molar-refractivity contribution in [3.63, 3.8) is 0 Å². The number of unbranched alkanes of at least 4 members (excludes halogenated alkanes) is 14. The van der Waals surface area contributed by atoms with E-state index >= 15 is 0 Å². The van der Waals surface area contributed by atoms with Crippen molar-refractivity contribution in [3.8, 4) is 0 Å². The quantitative estimate of drug-likeness (QED) is 0.0893. The van der Waals surface area contributed by atoms with Gasteiger partial charge in [0.05, 0.1) is 12.8 Å². The van der Waals surface area contributed by atoms with Crippen LogP contribution in [-0.2, 0) is 19.1 Å². The summed E-state index contributed by atoms with van der Waals surface area (Å²) in [5.74, 6) is -0.700. The molecule has 0 fully saturated rings. The average Bonchev–Trinajstić information content (AvgIpc) is 2.79.